The third kappa shape index (κ3) is 5.45. The van der Waals surface area contributed by atoms with E-state index in [1.54, 1.807) is 0 Å². The first-order chi connectivity index (χ1) is 11.6. The van der Waals surface area contributed by atoms with Gasteiger partial charge in [0.25, 0.3) is 0 Å². The molecule has 0 saturated carbocycles. The van der Waals surface area contributed by atoms with Gasteiger partial charge >= 0.3 is 0 Å². The number of carbonyl (C=O) groups is 1. The van der Waals surface area contributed by atoms with Crippen LogP contribution in [0.4, 0.5) is 5.69 Å². The zero-order valence-corrected chi connectivity index (χ0v) is 18.0. The molecule has 0 aliphatic carbocycles. The topological polar surface area (TPSA) is 58.4 Å². The standard InChI is InChI=1S/C21H35N3O.ClH/c1-14(2)16-8-7-9-17(15(3)4)20(16)23-19(25)12-24-11-10-18(22)21(5,6)13-24;/h7-9,14-15,18H,10-13,22H2,1-6H3,(H,23,25);1H. The maximum Gasteiger partial charge on any atom is 0.238 e. The summed E-state index contributed by atoms with van der Waals surface area (Å²) in [4.78, 5) is 15.0. The van der Waals surface area contributed by atoms with E-state index >= 15 is 0 Å². The first kappa shape index (κ1) is 22.9. The second-order valence-corrected chi connectivity index (χ2v) is 8.76. The summed E-state index contributed by atoms with van der Waals surface area (Å²) in [7, 11) is 0. The molecule has 2 rings (SSSR count). The first-order valence-corrected chi connectivity index (χ1v) is 9.52. The van der Waals surface area contributed by atoms with E-state index in [1.165, 1.54) is 11.1 Å². The van der Waals surface area contributed by atoms with Crippen molar-refractivity contribution in [2.75, 3.05) is 25.0 Å². The first-order valence-electron chi connectivity index (χ1n) is 9.52. The fourth-order valence-electron chi connectivity index (χ4n) is 3.70. The van der Waals surface area contributed by atoms with Gasteiger partial charge in [0.1, 0.15) is 0 Å². The second-order valence-electron chi connectivity index (χ2n) is 8.76. The SMILES string of the molecule is CC(C)c1cccc(C(C)C)c1NC(=O)CN1CCC(N)C(C)(C)C1.Cl. The lowest BCUT2D eigenvalue weighted by Gasteiger charge is -2.42. The Morgan fingerprint density at radius 1 is 1.23 bits per heavy atom. The molecule has 1 unspecified atom stereocenters. The molecule has 1 aromatic carbocycles. The summed E-state index contributed by atoms with van der Waals surface area (Å²) in [5, 5.41) is 3.22. The van der Waals surface area contributed by atoms with E-state index in [9.17, 15) is 4.79 Å². The van der Waals surface area contributed by atoms with Crippen LogP contribution in [0.2, 0.25) is 0 Å². The van der Waals surface area contributed by atoms with E-state index in [0.29, 0.717) is 18.4 Å². The lowest BCUT2D eigenvalue weighted by Crippen LogP contribution is -2.53. The van der Waals surface area contributed by atoms with E-state index in [0.717, 1.165) is 25.2 Å². The molecule has 4 nitrogen and oxygen atoms in total. The van der Waals surface area contributed by atoms with Gasteiger partial charge in [0, 0.05) is 24.8 Å². The molecule has 1 saturated heterocycles. The summed E-state index contributed by atoms with van der Waals surface area (Å²) in [5.74, 6) is 0.822. The van der Waals surface area contributed by atoms with Crippen LogP contribution in [-0.2, 0) is 4.79 Å². The Kier molecular flexibility index (Phi) is 8.12. The van der Waals surface area contributed by atoms with E-state index < -0.39 is 0 Å². The molecule has 1 aromatic rings. The Bertz CT molecular complexity index is 587. The molecular formula is C21H36ClN3O. The molecule has 1 fully saturated rings. The number of hydrogen-bond donors (Lipinski definition) is 2. The van der Waals surface area contributed by atoms with Crippen molar-refractivity contribution in [2.24, 2.45) is 11.1 Å². The van der Waals surface area contributed by atoms with Crippen LogP contribution in [0.1, 0.15) is 70.9 Å². The molecule has 1 aliphatic rings. The monoisotopic (exact) mass is 381 g/mol. The average Bonchev–Trinajstić information content (AvgIpc) is 2.50. The van der Waals surface area contributed by atoms with Gasteiger partial charge in [-0.3, -0.25) is 9.69 Å². The quantitative estimate of drug-likeness (QED) is 0.796. The Balaban J connectivity index is 0.00000338. The van der Waals surface area contributed by atoms with Gasteiger partial charge in [-0.15, -0.1) is 12.4 Å². The normalized spacial score (nSPS) is 20.1. The molecule has 0 spiro atoms. The minimum Gasteiger partial charge on any atom is -0.327 e. The maximum absolute atomic E-state index is 12.7. The Hall–Kier alpha value is -1.10. The fourth-order valence-corrected chi connectivity index (χ4v) is 3.70. The second kappa shape index (κ2) is 9.20. The molecule has 1 atom stereocenters. The number of anilines is 1. The van der Waals surface area contributed by atoms with Gasteiger partial charge in [-0.1, -0.05) is 59.7 Å². The molecular weight excluding hydrogens is 346 g/mol. The van der Waals surface area contributed by atoms with Crippen LogP contribution in [0.3, 0.4) is 0 Å². The number of piperidine rings is 1. The molecule has 0 bridgehead atoms. The molecule has 26 heavy (non-hydrogen) atoms. The van der Waals surface area contributed by atoms with Crippen molar-refractivity contribution in [3.05, 3.63) is 29.3 Å². The average molecular weight is 382 g/mol. The molecule has 5 heteroatoms. The maximum atomic E-state index is 12.7. The third-order valence-corrected chi connectivity index (χ3v) is 5.40. The number of nitrogens with two attached hydrogens (primary N) is 1. The van der Waals surface area contributed by atoms with Gasteiger partial charge in [0.15, 0.2) is 0 Å². The number of para-hydroxylation sites is 1. The number of nitrogens with zero attached hydrogens (tertiary/aromatic N) is 1. The Morgan fingerprint density at radius 3 is 2.23 bits per heavy atom. The summed E-state index contributed by atoms with van der Waals surface area (Å²) in [6.45, 7) is 15.2. The van der Waals surface area contributed by atoms with Crippen molar-refractivity contribution in [3.63, 3.8) is 0 Å². The summed E-state index contributed by atoms with van der Waals surface area (Å²) < 4.78 is 0. The van der Waals surface area contributed by atoms with Crippen molar-refractivity contribution in [1.82, 2.24) is 4.90 Å². The number of amides is 1. The van der Waals surface area contributed by atoms with Crippen LogP contribution in [0.15, 0.2) is 18.2 Å². The molecule has 148 valence electrons. The van der Waals surface area contributed by atoms with Crippen LogP contribution in [0.5, 0.6) is 0 Å². The van der Waals surface area contributed by atoms with Gasteiger partial charge in [0.05, 0.1) is 6.54 Å². The Labute approximate surface area is 165 Å². The largest absolute Gasteiger partial charge is 0.327 e. The predicted octanol–water partition coefficient (Wildman–Crippen LogP) is 4.35. The highest BCUT2D eigenvalue weighted by Crippen LogP contribution is 2.32. The lowest BCUT2D eigenvalue weighted by molar-refractivity contribution is -0.118. The molecule has 0 aromatic heterocycles. The molecule has 3 N–H and O–H groups in total. The van der Waals surface area contributed by atoms with Crippen molar-refractivity contribution >= 4 is 24.0 Å². The fraction of sp³-hybridized carbons (Fsp3) is 0.667. The molecule has 0 radical (unpaired) electrons. The van der Waals surface area contributed by atoms with Crippen LogP contribution < -0.4 is 11.1 Å². The van der Waals surface area contributed by atoms with Crippen LogP contribution in [0, 0.1) is 5.41 Å². The summed E-state index contributed by atoms with van der Waals surface area (Å²) in [6.07, 6.45) is 0.945. The lowest BCUT2D eigenvalue weighted by atomic mass is 9.80. The van der Waals surface area contributed by atoms with Crippen molar-refractivity contribution in [1.29, 1.82) is 0 Å². The zero-order valence-electron chi connectivity index (χ0n) is 17.1. The number of nitrogens with one attached hydrogen (secondary N) is 1. The van der Waals surface area contributed by atoms with Gasteiger partial charge in [-0.05, 0) is 34.8 Å². The minimum atomic E-state index is 0. The van der Waals surface area contributed by atoms with Gasteiger partial charge in [0.2, 0.25) is 5.91 Å². The van der Waals surface area contributed by atoms with E-state index in [2.05, 4.69) is 70.0 Å². The van der Waals surface area contributed by atoms with E-state index in [1.807, 2.05) is 0 Å². The van der Waals surface area contributed by atoms with E-state index in [4.69, 9.17) is 5.73 Å². The van der Waals surface area contributed by atoms with Gasteiger partial charge in [-0.2, -0.15) is 0 Å². The van der Waals surface area contributed by atoms with Crippen LogP contribution in [-0.4, -0.2) is 36.5 Å². The number of benzene rings is 1. The van der Waals surface area contributed by atoms with Gasteiger partial charge in [-0.25, -0.2) is 0 Å². The summed E-state index contributed by atoms with van der Waals surface area (Å²) in [6, 6.07) is 6.54. The van der Waals surface area contributed by atoms with Crippen molar-refractivity contribution < 1.29 is 4.79 Å². The Morgan fingerprint density at radius 2 is 1.77 bits per heavy atom. The van der Waals surface area contributed by atoms with E-state index in [-0.39, 0.29) is 29.8 Å². The molecule has 1 amide bonds. The highest BCUT2D eigenvalue weighted by molar-refractivity contribution is 5.94. The highest BCUT2D eigenvalue weighted by atomic mass is 35.5. The third-order valence-electron chi connectivity index (χ3n) is 5.40. The van der Waals surface area contributed by atoms with Crippen LogP contribution >= 0.6 is 12.4 Å². The number of likely N-dealkylation sites (tertiary alicyclic amines) is 1. The number of carbonyl (C=O) groups excluding carboxylic acids is 1. The van der Waals surface area contributed by atoms with Crippen molar-refractivity contribution in [3.8, 4) is 0 Å². The highest BCUT2D eigenvalue weighted by Gasteiger charge is 2.34. The zero-order chi connectivity index (χ0) is 18.8. The number of rotatable bonds is 5. The smallest absolute Gasteiger partial charge is 0.238 e. The molecule has 1 aliphatic heterocycles. The molecule has 1 heterocycles. The summed E-state index contributed by atoms with van der Waals surface area (Å²) in [5.41, 5.74) is 9.68. The van der Waals surface area contributed by atoms with Gasteiger partial charge < -0.3 is 11.1 Å². The van der Waals surface area contributed by atoms with Crippen LogP contribution in [0.25, 0.3) is 0 Å². The minimum absolute atomic E-state index is 0. The number of hydrogen-bond acceptors (Lipinski definition) is 3. The van der Waals surface area contributed by atoms with Crippen molar-refractivity contribution in [2.45, 2.75) is 65.8 Å². The predicted molar refractivity (Wildman–Crippen MR) is 113 cm³/mol. The number of halogens is 1. The summed E-state index contributed by atoms with van der Waals surface area (Å²) >= 11 is 0.